The van der Waals surface area contributed by atoms with Crippen molar-refractivity contribution in [2.45, 2.75) is 45.3 Å². The number of aliphatic hydroxyl groups excluding tert-OH is 1. The lowest BCUT2D eigenvalue weighted by Gasteiger charge is -2.38. The van der Waals surface area contributed by atoms with Gasteiger partial charge >= 0.3 is 0 Å². The lowest BCUT2D eigenvalue weighted by molar-refractivity contribution is -0.137. The Hall–Kier alpha value is -3.60. The molecule has 2 aliphatic rings. The Morgan fingerprint density at radius 1 is 1.35 bits per heavy atom. The zero-order chi connectivity index (χ0) is 26.5. The molecular weight excluding hydrogens is 489 g/mol. The van der Waals surface area contributed by atoms with E-state index in [0.717, 1.165) is 11.6 Å². The largest absolute Gasteiger partial charge is 0.489 e. The highest BCUT2D eigenvalue weighted by molar-refractivity contribution is 5.95. The molecule has 2 N–H and O–H groups in total. The molecule has 1 atom stereocenters. The molecule has 11 heteroatoms. The van der Waals surface area contributed by atoms with Gasteiger partial charge in [0.05, 0.1) is 36.8 Å². The van der Waals surface area contributed by atoms with Crippen LogP contribution < -0.4 is 14.8 Å². The van der Waals surface area contributed by atoms with Crippen LogP contribution in [0.25, 0.3) is 10.9 Å². The molecule has 1 saturated heterocycles. The second-order valence-electron chi connectivity index (χ2n) is 9.40. The third-order valence-corrected chi connectivity index (χ3v) is 6.74. The van der Waals surface area contributed by atoms with Crippen molar-refractivity contribution < 1.29 is 32.5 Å². The van der Waals surface area contributed by atoms with E-state index in [0.29, 0.717) is 60.2 Å². The second kappa shape index (κ2) is 9.37. The van der Waals surface area contributed by atoms with E-state index in [-0.39, 0.29) is 17.6 Å². The van der Waals surface area contributed by atoms with Crippen LogP contribution in [-0.4, -0.2) is 58.3 Å². The van der Waals surface area contributed by atoms with E-state index in [1.54, 1.807) is 24.8 Å². The van der Waals surface area contributed by atoms with E-state index >= 15 is 4.39 Å². The molecule has 0 aliphatic carbocycles. The number of rotatable bonds is 7. The minimum Gasteiger partial charge on any atom is -0.489 e. The SMILES string of the molecule is CC(=O)N1CC(Oc2cc3c(N[C@H](C)c4cccc(C(F)(F)CO)c4F)nc(C)nc3c3c2OCC3)C1. The quantitative estimate of drug-likeness (QED) is 0.492. The van der Waals surface area contributed by atoms with Crippen LogP contribution in [0.2, 0.25) is 0 Å². The van der Waals surface area contributed by atoms with Crippen molar-refractivity contribution in [3.63, 3.8) is 0 Å². The monoisotopic (exact) mass is 516 g/mol. The molecule has 196 valence electrons. The highest BCUT2D eigenvalue weighted by Crippen LogP contribution is 2.43. The maximum absolute atomic E-state index is 15.1. The summed E-state index contributed by atoms with van der Waals surface area (Å²) in [5, 5.41) is 12.8. The summed E-state index contributed by atoms with van der Waals surface area (Å²) in [5.74, 6) is -2.82. The Morgan fingerprint density at radius 2 is 2.11 bits per heavy atom. The summed E-state index contributed by atoms with van der Waals surface area (Å²) in [6.45, 7) is 4.80. The normalized spacial score (nSPS) is 16.2. The van der Waals surface area contributed by atoms with E-state index in [4.69, 9.17) is 14.6 Å². The molecule has 0 unspecified atom stereocenters. The van der Waals surface area contributed by atoms with Gasteiger partial charge < -0.3 is 24.8 Å². The van der Waals surface area contributed by atoms with Gasteiger partial charge in [-0.15, -0.1) is 0 Å². The van der Waals surface area contributed by atoms with Gasteiger partial charge in [0.2, 0.25) is 5.91 Å². The number of anilines is 1. The number of halogens is 3. The first kappa shape index (κ1) is 25.1. The summed E-state index contributed by atoms with van der Waals surface area (Å²) in [5.41, 5.74) is 0.680. The molecule has 0 bridgehead atoms. The van der Waals surface area contributed by atoms with E-state index in [1.165, 1.54) is 19.1 Å². The highest BCUT2D eigenvalue weighted by Gasteiger charge is 2.36. The Bertz CT molecular complexity index is 1380. The summed E-state index contributed by atoms with van der Waals surface area (Å²) in [6, 6.07) is 4.73. The molecule has 5 rings (SSSR count). The second-order valence-corrected chi connectivity index (χ2v) is 9.40. The number of aromatic nitrogens is 2. The third-order valence-electron chi connectivity index (χ3n) is 6.74. The zero-order valence-corrected chi connectivity index (χ0v) is 20.6. The number of fused-ring (bicyclic) bond motifs is 3. The molecule has 0 spiro atoms. The highest BCUT2D eigenvalue weighted by atomic mass is 19.3. The number of alkyl halides is 2. The van der Waals surface area contributed by atoms with Crippen molar-refractivity contribution in [1.29, 1.82) is 0 Å². The van der Waals surface area contributed by atoms with Crippen molar-refractivity contribution in [2.75, 3.05) is 31.6 Å². The molecule has 0 saturated carbocycles. The molecule has 1 aromatic heterocycles. The molecule has 3 heterocycles. The Labute approximate surface area is 211 Å². The molecule has 8 nitrogen and oxygen atoms in total. The summed E-state index contributed by atoms with van der Waals surface area (Å²) >= 11 is 0. The number of hydrogen-bond donors (Lipinski definition) is 2. The molecule has 2 aliphatic heterocycles. The average molecular weight is 517 g/mol. The van der Waals surface area contributed by atoms with Crippen molar-refractivity contribution in [1.82, 2.24) is 14.9 Å². The van der Waals surface area contributed by atoms with Gasteiger partial charge in [0.25, 0.3) is 5.92 Å². The van der Waals surface area contributed by atoms with Gasteiger partial charge in [-0.2, -0.15) is 8.78 Å². The standard InChI is InChI=1S/C26H27F3N4O4/c1-13(17-5-4-6-20(22(17)27)26(28,29)12-34)30-25-19-9-21(37-16-10-33(11-16)15(3)35)24-18(7-8-36-24)23(19)31-14(2)32-25/h4-6,9,13,16,34H,7-8,10-12H2,1-3H3,(H,30,31,32)/t13-/m1/s1. The zero-order valence-electron chi connectivity index (χ0n) is 20.6. The fourth-order valence-corrected chi connectivity index (χ4v) is 4.73. The number of hydrogen-bond acceptors (Lipinski definition) is 7. The summed E-state index contributed by atoms with van der Waals surface area (Å²) in [6.07, 6.45) is 0.437. The van der Waals surface area contributed by atoms with Gasteiger partial charge in [0.1, 0.15) is 30.2 Å². The number of nitrogens with zero attached hydrogens (tertiary/aromatic N) is 3. The minimum atomic E-state index is -3.70. The van der Waals surface area contributed by atoms with Crippen molar-refractivity contribution in [3.05, 3.63) is 52.6 Å². The van der Waals surface area contributed by atoms with Gasteiger partial charge in [-0.05, 0) is 26.0 Å². The topological polar surface area (TPSA) is 96.8 Å². The van der Waals surface area contributed by atoms with Crippen LogP contribution in [-0.2, 0) is 17.1 Å². The lowest BCUT2D eigenvalue weighted by atomic mass is 10.00. The van der Waals surface area contributed by atoms with E-state index in [1.807, 2.05) is 0 Å². The number of carbonyl (C=O) groups is 1. The van der Waals surface area contributed by atoms with Crippen molar-refractivity contribution >= 4 is 22.6 Å². The maximum Gasteiger partial charge on any atom is 0.298 e. The van der Waals surface area contributed by atoms with Gasteiger partial charge in [-0.3, -0.25) is 4.79 Å². The number of nitrogens with one attached hydrogen (secondary N) is 1. The van der Waals surface area contributed by atoms with Crippen molar-refractivity contribution in [2.24, 2.45) is 0 Å². The maximum atomic E-state index is 15.1. The van der Waals surface area contributed by atoms with E-state index < -0.39 is 30.0 Å². The van der Waals surface area contributed by atoms with Crippen LogP contribution in [0.3, 0.4) is 0 Å². The first-order valence-corrected chi connectivity index (χ1v) is 12.0. The number of amides is 1. The summed E-state index contributed by atoms with van der Waals surface area (Å²) < 4.78 is 55.3. The molecule has 3 aromatic rings. The lowest BCUT2D eigenvalue weighted by Crippen LogP contribution is -2.55. The fraction of sp³-hybridized carbons (Fsp3) is 0.423. The molecular formula is C26H27F3N4O4. The van der Waals surface area contributed by atoms with Gasteiger partial charge in [0.15, 0.2) is 11.5 Å². The number of benzene rings is 2. The Kier molecular flexibility index (Phi) is 6.35. The van der Waals surface area contributed by atoms with Gasteiger partial charge in [-0.1, -0.05) is 12.1 Å². The number of likely N-dealkylation sites (tertiary alicyclic amines) is 1. The van der Waals surface area contributed by atoms with Crippen LogP contribution in [0.5, 0.6) is 11.5 Å². The number of ether oxygens (including phenoxy) is 2. The predicted molar refractivity (Wildman–Crippen MR) is 130 cm³/mol. The Balaban J connectivity index is 1.51. The first-order valence-electron chi connectivity index (χ1n) is 12.0. The Morgan fingerprint density at radius 3 is 2.81 bits per heavy atom. The van der Waals surface area contributed by atoms with Crippen LogP contribution >= 0.6 is 0 Å². The molecule has 37 heavy (non-hydrogen) atoms. The average Bonchev–Trinajstić information content (AvgIpc) is 3.31. The molecule has 2 aromatic carbocycles. The predicted octanol–water partition coefficient (Wildman–Crippen LogP) is 3.88. The molecule has 1 amide bonds. The summed E-state index contributed by atoms with van der Waals surface area (Å²) in [4.78, 5) is 22.3. The van der Waals surface area contributed by atoms with E-state index in [9.17, 15) is 13.6 Å². The van der Waals surface area contributed by atoms with Crippen molar-refractivity contribution in [3.8, 4) is 11.5 Å². The van der Waals surface area contributed by atoms with E-state index in [2.05, 4.69) is 15.3 Å². The van der Waals surface area contributed by atoms with Crippen LogP contribution in [0.1, 0.15) is 42.4 Å². The molecule has 0 radical (unpaired) electrons. The number of carbonyl (C=O) groups excluding carboxylic acids is 1. The number of aryl methyl sites for hydroxylation is 1. The van der Waals surface area contributed by atoms with Gasteiger partial charge in [0, 0.05) is 29.9 Å². The smallest absolute Gasteiger partial charge is 0.298 e. The summed E-state index contributed by atoms with van der Waals surface area (Å²) in [7, 11) is 0. The van der Waals surface area contributed by atoms with Crippen LogP contribution in [0, 0.1) is 12.7 Å². The minimum absolute atomic E-state index is 0.00907. The number of aliphatic hydroxyl groups is 1. The van der Waals surface area contributed by atoms with Gasteiger partial charge in [-0.25, -0.2) is 14.4 Å². The molecule has 1 fully saturated rings. The van der Waals surface area contributed by atoms with Crippen LogP contribution in [0.4, 0.5) is 19.0 Å². The van der Waals surface area contributed by atoms with Crippen LogP contribution in [0.15, 0.2) is 24.3 Å². The third kappa shape index (κ3) is 4.52. The first-order chi connectivity index (χ1) is 17.6. The fourth-order valence-electron chi connectivity index (χ4n) is 4.73.